The fourth-order valence-corrected chi connectivity index (χ4v) is 4.76. The molecule has 0 bridgehead atoms. The molecule has 2 heterocycles. The van der Waals surface area contributed by atoms with Crippen LogP contribution in [0.25, 0.3) is 0 Å². The Morgan fingerprint density at radius 3 is 2.12 bits per heavy atom. The van der Waals surface area contributed by atoms with Crippen molar-refractivity contribution in [2.45, 2.75) is 13.1 Å². The number of piperazine rings is 1. The highest BCUT2D eigenvalue weighted by Crippen LogP contribution is 2.33. The molecule has 0 aliphatic carbocycles. The first-order valence-electron chi connectivity index (χ1n) is 11.4. The van der Waals surface area contributed by atoms with Crippen molar-refractivity contribution in [2.24, 2.45) is 0 Å². The highest BCUT2D eigenvalue weighted by atomic mass is 35.5. The second-order valence-electron chi connectivity index (χ2n) is 8.63. The van der Waals surface area contributed by atoms with E-state index >= 15 is 0 Å². The van der Waals surface area contributed by atoms with Crippen LogP contribution in [0.4, 0.5) is 5.69 Å². The maximum absolute atomic E-state index is 13.4. The summed E-state index contributed by atoms with van der Waals surface area (Å²) in [6, 6.07) is 21.0. The quantitative estimate of drug-likeness (QED) is 0.492. The van der Waals surface area contributed by atoms with Gasteiger partial charge in [0.2, 0.25) is 0 Å². The first-order valence-corrected chi connectivity index (χ1v) is 11.7. The highest BCUT2D eigenvalue weighted by Gasteiger charge is 2.38. The molecule has 2 amide bonds. The van der Waals surface area contributed by atoms with Crippen LogP contribution in [-0.2, 0) is 13.1 Å². The molecule has 0 aromatic heterocycles. The van der Waals surface area contributed by atoms with E-state index in [4.69, 9.17) is 16.3 Å². The third kappa shape index (κ3) is 4.39. The Kier molecular flexibility index (Phi) is 6.26. The molecule has 3 aromatic carbocycles. The average molecular weight is 476 g/mol. The number of benzene rings is 3. The minimum Gasteiger partial charge on any atom is -0.497 e. The number of carbonyl (C=O) groups is 2. The van der Waals surface area contributed by atoms with Gasteiger partial charge < -0.3 is 9.64 Å². The number of hydrogen-bond donors (Lipinski definition) is 0. The smallest absolute Gasteiger partial charge is 0.263 e. The Hall–Kier alpha value is -3.35. The lowest BCUT2D eigenvalue weighted by molar-refractivity contribution is 0.0642. The molecule has 6 nitrogen and oxygen atoms in total. The van der Waals surface area contributed by atoms with E-state index in [1.54, 1.807) is 13.2 Å². The number of carbonyl (C=O) groups excluding carboxylic acids is 2. The number of ether oxygens (including phenoxy) is 1. The van der Waals surface area contributed by atoms with Crippen molar-refractivity contribution < 1.29 is 14.3 Å². The summed E-state index contributed by atoms with van der Waals surface area (Å²) < 4.78 is 5.20. The van der Waals surface area contributed by atoms with Gasteiger partial charge in [0.05, 0.1) is 30.5 Å². The molecular weight excluding hydrogens is 450 g/mol. The fraction of sp³-hybridized carbons (Fsp3) is 0.259. The zero-order valence-electron chi connectivity index (χ0n) is 19.0. The largest absolute Gasteiger partial charge is 0.497 e. The number of imide groups is 1. The zero-order chi connectivity index (χ0) is 23.7. The lowest BCUT2D eigenvalue weighted by atomic mass is 10.1. The second-order valence-corrected chi connectivity index (χ2v) is 9.07. The zero-order valence-corrected chi connectivity index (χ0v) is 19.8. The van der Waals surface area contributed by atoms with Crippen LogP contribution in [0.15, 0.2) is 66.7 Å². The lowest BCUT2D eigenvalue weighted by Crippen LogP contribution is -2.46. The van der Waals surface area contributed by atoms with Crippen LogP contribution in [0.5, 0.6) is 5.75 Å². The van der Waals surface area contributed by atoms with Crippen molar-refractivity contribution >= 4 is 29.1 Å². The minimum absolute atomic E-state index is 0.227. The van der Waals surface area contributed by atoms with Gasteiger partial charge in [-0.3, -0.25) is 19.4 Å². The maximum Gasteiger partial charge on any atom is 0.263 e. The Morgan fingerprint density at radius 2 is 1.44 bits per heavy atom. The molecule has 2 aliphatic heterocycles. The van der Waals surface area contributed by atoms with Gasteiger partial charge in [-0.1, -0.05) is 41.9 Å². The highest BCUT2D eigenvalue weighted by molar-refractivity contribution is 6.30. The van der Waals surface area contributed by atoms with Crippen LogP contribution in [0, 0.1) is 0 Å². The van der Waals surface area contributed by atoms with Crippen LogP contribution in [0.1, 0.15) is 31.8 Å². The summed E-state index contributed by atoms with van der Waals surface area (Å²) in [6.45, 7) is 4.46. The number of fused-ring (bicyclic) bond motifs is 1. The van der Waals surface area contributed by atoms with Crippen molar-refractivity contribution in [1.82, 2.24) is 9.80 Å². The van der Waals surface area contributed by atoms with Crippen molar-refractivity contribution in [2.75, 3.05) is 38.2 Å². The molecule has 2 aliphatic rings. The Labute approximate surface area is 204 Å². The van der Waals surface area contributed by atoms with Crippen LogP contribution in [0.2, 0.25) is 5.02 Å². The van der Waals surface area contributed by atoms with Gasteiger partial charge in [-0.25, -0.2) is 0 Å². The Morgan fingerprint density at radius 1 is 0.794 bits per heavy atom. The van der Waals surface area contributed by atoms with Gasteiger partial charge in [-0.15, -0.1) is 0 Å². The molecule has 5 rings (SSSR count). The van der Waals surface area contributed by atoms with Gasteiger partial charge in [0.25, 0.3) is 11.8 Å². The molecule has 174 valence electrons. The van der Waals surface area contributed by atoms with Gasteiger partial charge in [0, 0.05) is 37.7 Å². The van der Waals surface area contributed by atoms with E-state index in [2.05, 4.69) is 21.9 Å². The second kappa shape index (κ2) is 9.49. The van der Waals surface area contributed by atoms with Crippen molar-refractivity contribution in [3.63, 3.8) is 0 Å². The molecule has 7 heteroatoms. The van der Waals surface area contributed by atoms with E-state index in [0.29, 0.717) is 11.1 Å². The molecule has 3 aromatic rings. The maximum atomic E-state index is 13.4. The fourth-order valence-electron chi connectivity index (χ4n) is 4.63. The predicted molar refractivity (Wildman–Crippen MR) is 133 cm³/mol. The number of hydrogen-bond acceptors (Lipinski definition) is 5. The van der Waals surface area contributed by atoms with Gasteiger partial charge >= 0.3 is 0 Å². The summed E-state index contributed by atoms with van der Waals surface area (Å²) in [4.78, 5) is 32.4. The van der Waals surface area contributed by atoms with E-state index in [0.717, 1.165) is 54.7 Å². The van der Waals surface area contributed by atoms with E-state index in [-0.39, 0.29) is 18.4 Å². The summed E-state index contributed by atoms with van der Waals surface area (Å²) in [5, 5.41) is 0.742. The molecular formula is C27H26ClN3O3. The first kappa shape index (κ1) is 22.4. The average Bonchev–Trinajstić information content (AvgIpc) is 3.11. The Bertz CT molecular complexity index is 1200. The van der Waals surface area contributed by atoms with Crippen molar-refractivity contribution in [1.29, 1.82) is 0 Å². The summed E-state index contributed by atoms with van der Waals surface area (Å²) in [7, 11) is 1.61. The molecule has 1 saturated heterocycles. The number of nitrogens with zero attached hydrogens (tertiary/aromatic N) is 3. The third-order valence-electron chi connectivity index (χ3n) is 6.51. The van der Waals surface area contributed by atoms with E-state index in [1.165, 1.54) is 10.5 Å². The van der Waals surface area contributed by atoms with E-state index < -0.39 is 0 Å². The minimum atomic E-state index is -0.237. The topological polar surface area (TPSA) is 53.1 Å². The van der Waals surface area contributed by atoms with E-state index in [9.17, 15) is 9.59 Å². The monoisotopic (exact) mass is 475 g/mol. The summed E-state index contributed by atoms with van der Waals surface area (Å²) in [6.07, 6.45) is 0. The molecule has 0 atom stereocenters. The van der Waals surface area contributed by atoms with Gasteiger partial charge in [0.1, 0.15) is 5.75 Å². The number of anilines is 1. The molecule has 0 radical (unpaired) electrons. The van der Waals surface area contributed by atoms with Crippen molar-refractivity contribution in [3.8, 4) is 5.75 Å². The molecule has 34 heavy (non-hydrogen) atoms. The molecule has 0 N–H and O–H groups in total. The summed E-state index contributed by atoms with van der Waals surface area (Å²) >= 11 is 6.00. The standard InChI is InChI=1S/C27H26ClN3O3/c1-34-22-11-7-20(8-12-22)18-31-26(32)23-3-2-4-24(25(23)27(31)33)30-15-13-29(14-16-30)17-19-5-9-21(28)10-6-19/h2-12H,13-18H2,1H3. The van der Waals surface area contributed by atoms with Crippen molar-refractivity contribution in [3.05, 3.63) is 94.0 Å². The van der Waals surface area contributed by atoms with Crippen LogP contribution in [-0.4, -0.2) is 54.9 Å². The number of methoxy groups -OCH3 is 1. The first-order chi connectivity index (χ1) is 16.5. The third-order valence-corrected chi connectivity index (χ3v) is 6.76. The Balaban J connectivity index is 1.29. The lowest BCUT2D eigenvalue weighted by Gasteiger charge is -2.36. The van der Waals surface area contributed by atoms with Gasteiger partial charge in [0.15, 0.2) is 0 Å². The van der Waals surface area contributed by atoms with Crippen LogP contribution in [0.3, 0.4) is 0 Å². The summed E-state index contributed by atoms with van der Waals surface area (Å²) in [5.41, 5.74) is 3.96. The SMILES string of the molecule is COc1ccc(CN2C(=O)c3cccc(N4CCN(Cc5ccc(Cl)cc5)CC4)c3C2=O)cc1. The van der Waals surface area contributed by atoms with Gasteiger partial charge in [-0.2, -0.15) is 0 Å². The number of rotatable bonds is 6. The number of halogens is 1. The predicted octanol–water partition coefficient (Wildman–Crippen LogP) is 4.47. The molecule has 0 unspecified atom stereocenters. The summed E-state index contributed by atoms with van der Waals surface area (Å²) in [5.74, 6) is 0.276. The van der Waals surface area contributed by atoms with Crippen LogP contribution < -0.4 is 9.64 Å². The van der Waals surface area contributed by atoms with Gasteiger partial charge in [-0.05, 0) is 47.5 Å². The molecule has 0 saturated carbocycles. The van der Waals surface area contributed by atoms with Crippen LogP contribution >= 0.6 is 11.6 Å². The van der Waals surface area contributed by atoms with E-state index in [1.807, 2.05) is 48.5 Å². The normalized spacial score (nSPS) is 16.2. The molecule has 0 spiro atoms. The number of amides is 2. The molecule has 1 fully saturated rings.